The van der Waals surface area contributed by atoms with Crippen molar-refractivity contribution in [2.45, 2.75) is 77.6 Å². The molecule has 5 unspecified atom stereocenters. The summed E-state index contributed by atoms with van der Waals surface area (Å²) in [5.74, 6) is 0.851. The van der Waals surface area contributed by atoms with Gasteiger partial charge in [-0.25, -0.2) is 0 Å². The van der Waals surface area contributed by atoms with E-state index in [1.165, 1.54) is 19.3 Å². The van der Waals surface area contributed by atoms with Crippen molar-refractivity contribution in [3.05, 3.63) is 0 Å². The maximum Gasteiger partial charge on any atom is 0.0640 e. The molecular formula is C15H26O2. The van der Waals surface area contributed by atoms with Crippen LogP contribution in [0, 0.1) is 16.7 Å². The third-order valence-electron chi connectivity index (χ3n) is 6.43. The van der Waals surface area contributed by atoms with Gasteiger partial charge >= 0.3 is 0 Å². The maximum atomic E-state index is 9.59. The van der Waals surface area contributed by atoms with Gasteiger partial charge in [0.1, 0.15) is 0 Å². The van der Waals surface area contributed by atoms with Gasteiger partial charge in [-0.3, -0.25) is 0 Å². The van der Waals surface area contributed by atoms with E-state index in [0.717, 1.165) is 25.2 Å². The number of ether oxygens (including phenoxy) is 1. The molecule has 3 aliphatic carbocycles. The Morgan fingerprint density at radius 2 is 1.82 bits per heavy atom. The van der Waals surface area contributed by atoms with Gasteiger partial charge in [0, 0.05) is 0 Å². The van der Waals surface area contributed by atoms with Crippen LogP contribution in [-0.4, -0.2) is 23.4 Å². The molecule has 17 heavy (non-hydrogen) atoms. The van der Waals surface area contributed by atoms with Crippen LogP contribution in [0.1, 0.15) is 59.3 Å². The van der Waals surface area contributed by atoms with Crippen LogP contribution in [0.5, 0.6) is 0 Å². The first kappa shape index (κ1) is 12.0. The van der Waals surface area contributed by atoms with E-state index >= 15 is 0 Å². The van der Waals surface area contributed by atoms with E-state index in [9.17, 15) is 5.11 Å². The van der Waals surface area contributed by atoms with Crippen molar-refractivity contribution in [1.82, 2.24) is 0 Å². The van der Waals surface area contributed by atoms with Gasteiger partial charge in [0.05, 0.1) is 18.3 Å². The lowest BCUT2D eigenvalue weighted by atomic mass is 9.70. The average molecular weight is 238 g/mol. The fourth-order valence-corrected chi connectivity index (χ4v) is 4.61. The predicted octanol–water partition coefficient (Wildman–Crippen LogP) is 3.13. The van der Waals surface area contributed by atoms with Crippen molar-refractivity contribution in [2.75, 3.05) is 0 Å². The van der Waals surface area contributed by atoms with E-state index in [1.54, 1.807) is 0 Å². The topological polar surface area (TPSA) is 29.5 Å². The van der Waals surface area contributed by atoms with Crippen LogP contribution < -0.4 is 0 Å². The number of hydrogen-bond donors (Lipinski definition) is 1. The highest BCUT2D eigenvalue weighted by Crippen LogP contribution is 2.66. The molecule has 0 saturated heterocycles. The average Bonchev–Trinajstić information content (AvgIpc) is 2.80. The molecule has 3 saturated carbocycles. The zero-order valence-corrected chi connectivity index (χ0v) is 11.4. The van der Waals surface area contributed by atoms with Gasteiger partial charge in [-0.2, -0.15) is 0 Å². The highest BCUT2D eigenvalue weighted by atomic mass is 16.5. The van der Waals surface area contributed by atoms with E-state index in [0.29, 0.717) is 23.0 Å². The molecule has 0 aromatic carbocycles. The predicted molar refractivity (Wildman–Crippen MR) is 67.7 cm³/mol. The Morgan fingerprint density at radius 3 is 2.29 bits per heavy atom. The number of fused-ring (bicyclic) bond motifs is 2. The van der Waals surface area contributed by atoms with Crippen LogP contribution in [0.3, 0.4) is 0 Å². The quantitative estimate of drug-likeness (QED) is 0.801. The number of aliphatic hydroxyl groups is 1. The largest absolute Gasteiger partial charge is 0.393 e. The van der Waals surface area contributed by atoms with Crippen LogP contribution in [0.4, 0.5) is 0 Å². The van der Waals surface area contributed by atoms with Crippen LogP contribution in [0.25, 0.3) is 0 Å². The molecule has 98 valence electrons. The van der Waals surface area contributed by atoms with Gasteiger partial charge in [0.15, 0.2) is 0 Å². The maximum absolute atomic E-state index is 9.59. The first-order valence-corrected chi connectivity index (χ1v) is 7.27. The van der Waals surface area contributed by atoms with E-state index < -0.39 is 0 Å². The van der Waals surface area contributed by atoms with Gasteiger partial charge in [0.2, 0.25) is 0 Å². The van der Waals surface area contributed by atoms with E-state index in [1.807, 2.05) is 0 Å². The minimum Gasteiger partial charge on any atom is -0.393 e. The fraction of sp³-hybridized carbons (Fsp3) is 1.00. The summed E-state index contributed by atoms with van der Waals surface area (Å²) in [4.78, 5) is 0. The van der Waals surface area contributed by atoms with Crippen LogP contribution in [0.2, 0.25) is 0 Å². The van der Waals surface area contributed by atoms with Crippen LogP contribution >= 0.6 is 0 Å². The van der Waals surface area contributed by atoms with Gasteiger partial charge in [0.25, 0.3) is 0 Å². The molecule has 2 bridgehead atoms. The Labute approximate surface area is 105 Å². The number of aliphatic hydroxyl groups excluding tert-OH is 1. The number of rotatable bonds is 2. The van der Waals surface area contributed by atoms with Crippen molar-refractivity contribution in [1.29, 1.82) is 0 Å². The molecule has 3 aliphatic rings. The van der Waals surface area contributed by atoms with Crippen molar-refractivity contribution < 1.29 is 9.84 Å². The molecule has 0 radical (unpaired) electrons. The highest BCUT2D eigenvalue weighted by molar-refractivity contribution is 5.11. The standard InChI is InChI=1S/C15H26O2/c1-14(2)10-6-7-15(14,3)13(8-10)17-12-5-4-11(16)9-12/h10-13,16H,4-9H2,1-3H3. The minimum atomic E-state index is -0.112. The summed E-state index contributed by atoms with van der Waals surface area (Å²) < 4.78 is 6.36. The number of hydrogen-bond acceptors (Lipinski definition) is 2. The Bertz CT molecular complexity index is 312. The van der Waals surface area contributed by atoms with Gasteiger partial charge < -0.3 is 9.84 Å². The molecule has 1 N–H and O–H groups in total. The molecule has 2 nitrogen and oxygen atoms in total. The first-order chi connectivity index (χ1) is 7.93. The highest BCUT2D eigenvalue weighted by Gasteiger charge is 2.62. The second kappa shape index (κ2) is 3.71. The van der Waals surface area contributed by atoms with E-state index in [4.69, 9.17) is 4.74 Å². The minimum absolute atomic E-state index is 0.112. The molecule has 0 aromatic heterocycles. The molecule has 0 aliphatic heterocycles. The van der Waals surface area contributed by atoms with Crippen LogP contribution in [0.15, 0.2) is 0 Å². The van der Waals surface area contributed by atoms with Crippen LogP contribution in [-0.2, 0) is 4.74 Å². The Kier molecular flexibility index (Phi) is 2.61. The zero-order chi connectivity index (χ0) is 12.3. The molecule has 0 spiro atoms. The summed E-state index contributed by atoms with van der Waals surface area (Å²) in [6.07, 6.45) is 7.45. The second-order valence-corrected chi connectivity index (χ2v) is 7.32. The lowest BCUT2D eigenvalue weighted by Crippen LogP contribution is -2.38. The van der Waals surface area contributed by atoms with Crippen molar-refractivity contribution in [3.63, 3.8) is 0 Å². The van der Waals surface area contributed by atoms with Crippen molar-refractivity contribution in [2.24, 2.45) is 16.7 Å². The van der Waals surface area contributed by atoms with Gasteiger partial charge in [-0.15, -0.1) is 0 Å². The summed E-state index contributed by atoms with van der Waals surface area (Å²) in [6, 6.07) is 0. The van der Waals surface area contributed by atoms with E-state index in [-0.39, 0.29) is 6.10 Å². The second-order valence-electron chi connectivity index (χ2n) is 7.32. The molecular weight excluding hydrogens is 212 g/mol. The summed E-state index contributed by atoms with van der Waals surface area (Å²) in [7, 11) is 0. The summed E-state index contributed by atoms with van der Waals surface area (Å²) >= 11 is 0. The van der Waals surface area contributed by atoms with Gasteiger partial charge in [-0.1, -0.05) is 20.8 Å². The summed E-state index contributed by atoms with van der Waals surface area (Å²) in [5.41, 5.74) is 0.806. The normalized spacial score (nSPS) is 52.2. The molecule has 3 rings (SSSR count). The first-order valence-electron chi connectivity index (χ1n) is 7.27. The lowest BCUT2D eigenvalue weighted by molar-refractivity contribution is -0.0862. The molecule has 0 aromatic rings. The fourth-order valence-electron chi connectivity index (χ4n) is 4.61. The molecule has 3 fully saturated rings. The van der Waals surface area contributed by atoms with Gasteiger partial charge in [-0.05, 0) is 55.3 Å². The lowest BCUT2D eigenvalue weighted by Gasteiger charge is -2.40. The molecule has 5 atom stereocenters. The van der Waals surface area contributed by atoms with Crippen molar-refractivity contribution >= 4 is 0 Å². The van der Waals surface area contributed by atoms with Crippen molar-refractivity contribution in [3.8, 4) is 0 Å². The SMILES string of the molecule is CC1(C)C2CCC1(C)C(OC1CCC(O)C1)C2. The third-order valence-corrected chi connectivity index (χ3v) is 6.43. The zero-order valence-electron chi connectivity index (χ0n) is 11.4. The smallest absolute Gasteiger partial charge is 0.0640 e. The summed E-state index contributed by atoms with van der Waals surface area (Å²) in [5, 5.41) is 9.59. The molecule has 0 amide bonds. The van der Waals surface area contributed by atoms with E-state index in [2.05, 4.69) is 20.8 Å². The molecule has 2 heteroatoms. The third kappa shape index (κ3) is 1.60. The Hall–Kier alpha value is -0.0800. The Balaban J connectivity index is 1.70. The molecule has 0 heterocycles. The monoisotopic (exact) mass is 238 g/mol. The Morgan fingerprint density at radius 1 is 1.06 bits per heavy atom. The summed E-state index contributed by atoms with van der Waals surface area (Å²) in [6.45, 7) is 7.28.